The number of nitro groups is 1. The molecule has 142 valence electrons. The molecule has 0 bridgehead atoms. The third kappa shape index (κ3) is 5.12. The van der Waals surface area contributed by atoms with Crippen molar-refractivity contribution < 1.29 is 19.2 Å². The number of ether oxygens (including phenoxy) is 2. The number of hydrogen-bond donors (Lipinski definition) is 1. The van der Waals surface area contributed by atoms with Crippen LogP contribution in [0.3, 0.4) is 0 Å². The number of nitrogens with one attached hydrogen (secondary N) is 1. The molecular formula is C18H30N2O5. The average Bonchev–Trinajstić information content (AvgIpc) is 2.94. The van der Waals surface area contributed by atoms with Crippen molar-refractivity contribution >= 4 is 5.78 Å². The molecular weight excluding hydrogens is 324 g/mol. The number of aromatic nitrogens is 1. The second-order valence-corrected chi connectivity index (χ2v) is 6.92. The van der Waals surface area contributed by atoms with Gasteiger partial charge in [-0.1, -0.05) is 27.7 Å². The number of hydrogen-bond acceptors (Lipinski definition) is 5. The zero-order valence-electron chi connectivity index (χ0n) is 16.0. The molecule has 0 fully saturated rings. The Morgan fingerprint density at radius 1 is 1.28 bits per heavy atom. The number of aryl methyl sites for hydroxylation is 1. The van der Waals surface area contributed by atoms with E-state index in [1.54, 1.807) is 13.8 Å². The maximum atomic E-state index is 12.3. The van der Waals surface area contributed by atoms with E-state index in [2.05, 4.69) is 11.9 Å². The fourth-order valence-corrected chi connectivity index (χ4v) is 3.32. The van der Waals surface area contributed by atoms with Gasteiger partial charge >= 0.3 is 0 Å². The Morgan fingerprint density at radius 2 is 1.88 bits per heavy atom. The standard InChI is InChI=1S/C18H30N2O5/c1-7-12-11-19-14(13(12)8-2)9-16(20(22)23)18(3,4)10-15(21)17(24-5)25-6/h11,16-17,19H,7-10H2,1-6H3. The summed E-state index contributed by atoms with van der Waals surface area (Å²) < 4.78 is 9.94. The molecule has 7 heteroatoms. The molecule has 0 saturated heterocycles. The molecule has 1 rings (SSSR count). The molecule has 1 unspecified atom stereocenters. The lowest BCUT2D eigenvalue weighted by Gasteiger charge is -2.28. The molecule has 0 aromatic carbocycles. The van der Waals surface area contributed by atoms with Crippen LogP contribution in [0.25, 0.3) is 0 Å². The Bertz CT molecular complexity index is 590. The first-order valence-electron chi connectivity index (χ1n) is 8.61. The smallest absolute Gasteiger partial charge is 0.224 e. The van der Waals surface area contributed by atoms with Crippen LogP contribution in [0.5, 0.6) is 0 Å². The van der Waals surface area contributed by atoms with Crippen molar-refractivity contribution in [2.24, 2.45) is 5.41 Å². The number of methoxy groups -OCH3 is 2. The highest BCUT2D eigenvalue weighted by molar-refractivity contribution is 5.82. The summed E-state index contributed by atoms with van der Waals surface area (Å²) in [6.45, 7) is 7.60. The fraction of sp³-hybridized carbons (Fsp3) is 0.722. The quantitative estimate of drug-likeness (QED) is 0.374. The number of nitrogens with zero attached hydrogens (tertiary/aromatic N) is 1. The lowest BCUT2D eigenvalue weighted by molar-refractivity contribution is -0.540. The summed E-state index contributed by atoms with van der Waals surface area (Å²) in [7, 11) is 2.76. The van der Waals surface area contributed by atoms with E-state index in [9.17, 15) is 14.9 Å². The Hall–Kier alpha value is -1.73. The highest BCUT2D eigenvalue weighted by atomic mass is 16.7. The van der Waals surface area contributed by atoms with Gasteiger partial charge in [0.05, 0.1) is 6.42 Å². The van der Waals surface area contributed by atoms with Gasteiger partial charge in [0.2, 0.25) is 12.3 Å². The van der Waals surface area contributed by atoms with Gasteiger partial charge in [-0.25, -0.2) is 0 Å². The van der Waals surface area contributed by atoms with E-state index < -0.39 is 17.7 Å². The third-order valence-corrected chi connectivity index (χ3v) is 4.78. The maximum Gasteiger partial charge on any atom is 0.224 e. The third-order valence-electron chi connectivity index (χ3n) is 4.78. The van der Waals surface area contributed by atoms with Crippen LogP contribution in [0.2, 0.25) is 0 Å². The minimum absolute atomic E-state index is 0.00773. The molecule has 1 aromatic heterocycles. The van der Waals surface area contributed by atoms with Gasteiger partial charge in [-0.05, 0) is 24.0 Å². The minimum Gasteiger partial charge on any atom is -0.364 e. The molecule has 0 radical (unpaired) electrons. The summed E-state index contributed by atoms with van der Waals surface area (Å²) in [5.74, 6) is -0.293. The van der Waals surface area contributed by atoms with Gasteiger partial charge in [-0.2, -0.15) is 0 Å². The fourth-order valence-electron chi connectivity index (χ4n) is 3.32. The summed E-state index contributed by atoms with van der Waals surface area (Å²) in [6, 6.07) is -0.889. The predicted molar refractivity (Wildman–Crippen MR) is 95.2 cm³/mol. The zero-order chi connectivity index (χ0) is 19.2. The number of H-pyrrole nitrogens is 1. The topological polar surface area (TPSA) is 94.5 Å². The monoisotopic (exact) mass is 354 g/mol. The number of ketones is 1. The van der Waals surface area contributed by atoms with Crippen molar-refractivity contribution in [3.05, 3.63) is 33.1 Å². The number of rotatable bonds is 11. The van der Waals surface area contributed by atoms with Crippen LogP contribution in [-0.4, -0.2) is 42.2 Å². The summed E-state index contributed by atoms with van der Waals surface area (Å²) in [5, 5.41) is 11.7. The maximum absolute atomic E-state index is 12.3. The van der Waals surface area contributed by atoms with Crippen LogP contribution in [0.15, 0.2) is 6.20 Å². The minimum atomic E-state index is -0.991. The van der Waals surface area contributed by atoms with Crippen LogP contribution in [0, 0.1) is 15.5 Å². The number of aromatic amines is 1. The summed E-state index contributed by atoms with van der Waals surface area (Å²) in [5.41, 5.74) is 2.38. The van der Waals surface area contributed by atoms with E-state index in [1.165, 1.54) is 19.8 Å². The van der Waals surface area contributed by atoms with Crippen molar-refractivity contribution in [3.8, 4) is 0 Å². The summed E-state index contributed by atoms with van der Waals surface area (Å²) in [6.07, 6.45) is 2.91. The first-order valence-corrected chi connectivity index (χ1v) is 8.61. The molecule has 1 N–H and O–H groups in total. The average molecular weight is 354 g/mol. The Kier molecular flexibility index (Phi) is 7.76. The molecule has 1 atom stereocenters. The lowest BCUT2D eigenvalue weighted by Crippen LogP contribution is -2.42. The van der Waals surface area contributed by atoms with E-state index in [0.29, 0.717) is 0 Å². The van der Waals surface area contributed by atoms with Gasteiger partial charge in [0.15, 0.2) is 5.78 Å². The van der Waals surface area contributed by atoms with Crippen LogP contribution < -0.4 is 0 Å². The first-order chi connectivity index (χ1) is 11.7. The van der Waals surface area contributed by atoms with Crippen LogP contribution in [-0.2, 0) is 33.5 Å². The molecule has 0 aliphatic rings. The van der Waals surface area contributed by atoms with E-state index in [1.807, 2.05) is 13.1 Å². The second-order valence-electron chi connectivity index (χ2n) is 6.92. The van der Waals surface area contributed by atoms with Gasteiger partial charge in [0.1, 0.15) is 0 Å². The predicted octanol–water partition coefficient (Wildman–Crippen LogP) is 2.93. The molecule has 1 aromatic rings. The summed E-state index contributed by atoms with van der Waals surface area (Å²) in [4.78, 5) is 26.9. The van der Waals surface area contributed by atoms with E-state index in [4.69, 9.17) is 9.47 Å². The Labute approximate surface area is 149 Å². The van der Waals surface area contributed by atoms with E-state index in [-0.39, 0.29) is 23.5 Å². The molecule has 25 heavy (non-hydrogen) atoms. The van der Waals surface area contributed by atoms with Gasteiger partial charge in [-0.3, -0.25) is 14.9 Å². The van der Waals surface area contributed by atoms with Crippen molar-refractivity contribution in [2.45, 2.75) is 65.7 Å². The number of Topliss-reactive ketones (excluding diaryl/α,β-unsaturated/α-hetero) is 1. The first kappa shape index (κ1) is 21.3. The molecule has 0 aliphatic heterocycles. The SMILES string of the molecule is CCc1c[nH]c(CC([N+](=O)[O-])C(C)(C)CC(=O)C(OC)OC)c1CC. The Balaban J connectivity index is 3.04. The van der Waals surface area contributed by atoms with Gasteiger partial charge in [0, 0.05) is 42.9 Å². The van der Waals surface area contributed by atoms with Gasteiger partial charge in [0.25, 0.3) is 0 Å². The van der Waals surface area contributed by atoms with Crippen molar-refractivity contribution in [1.82, 2.24) is 4.98 Å². The van der Waals surface area contributed by atoms with Crippen LogP contribution in [0.1, 0.15) is 50.9 Å². The number of carbonyl (C=O) groups excluding carboxylic acids is 1. The molecule has 1 heterocycles. The molecule has 0 aliphatic carbocycles. The highest BCUT2D eigenvalue weighted by Crippen LogP contribution is 2.32. The normalized spacial score (nSPS) is 13.2. The van der Waals surface area contributed by atoms with E-state index in [0.717, 1.165) is 24.1 Å². The van der Waals surface area contributed by atoms with Crippen molar-refractivity contribution in [2.75, 3.05) is 14.2 Å². The largest absolute Gasteiger partial charge is 0.364 e. The Morgan fingerprint density at radius 3 is 2.32 bits per heavy atom. The molecule has 0 spiro atoms. The van der Waals surface area contributed by atoms with E-state index >= 15 is 0 Å². The number of carbonyl (C=O) groups is 1. The van der Waals surface area contributed by atoms with Crippen LogP contribution >= 0.6 is 0 Å². The van der Waals surface area contributed by atoms with Gasteiger partial charge < -0.3 is 14.5 Å². The summed E-state index contributed by atoms with van der Waals surface area (Å²) >= 11 is 0. The van der Waals surface area contributed by atoms with Crippen molar-refractivity contribution in [3.63, 3.8) is 0 Å². The van der Waals surface area contributed by atoms with Crippen molar-refractivity contribution in [1.29, 1.82) is 0 Å². The van der Waals surface area contributed by atoms with Gasteiger partial charge in [-0.15, -0.1) is 0 Å². The molecule has 7 nitrogen and oxygen atoms in total. The molecule has 0 amide bonds. The van der Waals surface area contributed by atoms with Crippen LogP contribution in [0.4, 0.5) is 0 Å². The second kappa shape index (κ2) is 9.10. The molecule has 0 saturated carbocycles. The lowest BCUT2D eigenvalue weighted by atomic mass is 9.77. The highest BCUT2D eigenvalue weighted by Gasteiger charge is 2.42. The zero-order valence-corrected chi connectivity index (χ0v) is 16.0.